The molecule has 4 aromatic heterocycles. The molecule has 5 rings (SSSR count). The van der Waals surface area contributed by atoms with Crippen LogP contribution in [0.1, 0.15) is 45.5 Å². The number of carbonyl (C=O) groups excluding carboxylic acids is 1. The highest BCUT2D eigenvalue weighted by atomic mass is 32.1. The third kappa shape index (κ3) is 2.70. The van der Waals surface area contributed by atoms with E-state index in [1.54, 1.807) is 18.7 Å². The van der Waals surface area contributed by atoms with Gasteiger partial charge in [-0.3, -0.25) is 19.5 Å². The van der Waals surface area contributed by atoms with E-state index in [0.717, 1.165) is 18.5 Å². The lowest BCUT2D eigenvalue weighted by molar-refractivity contribution is 0.0737. The fourth-order valence-corrected chi connectivity index (χ4v) is 5.15. The van der Waals surface area contributed by atoms with Crippen molar-refractivity contribution in [3.63, 3.8) is 0 Å². The van der Waals surface area contributed by atoms with Crippen molar-refractivity contribution in [1.29, 1.82) is 0 Å². The largest absolute Gasteiger partial charge is 0.329 e. The molecule has 5 heterocycles. The number of fused-ring (bicyclic) bond motifs is 2. The first kappa shape index (κ1) is 17.8. The van der Waals surface area contributed by atoms with Crippen LogP contribution in [0.2, 0.25) is 0 Å². The number of aryl methyl sites for hydroxylation is 2. The van der Waals surface area contributed by atoms with Gasteiger partial charge in [0.2, 0.25) is 0 Å². The lowest BCUT2D eigenvalue weighted by Crippen LogP contribution is -2.30. The molecule has 2 N–H and O–H groups in total. The van der Waals surface area contributed by atoms with Gasteiger partial charge >= 0.3 is 0 Å². The van der Waals surface area contributed by atoms with Crippen molar-refractivity contribution < 1.29 is 4.79 Å². The highest BCUT2D eigenvalue weighted by molar-refractivity contribution is 7.20. The van der Waals surface area contributed by atoms with E-state index in [-0.39, 0.29) is 23.1 Å². The second-order valence-electron chi connectivity index (χ2n) is 7.27. The van der Waals surface area contributed by atoms with Crippen LogP contribution >= 0.6 is 11.3 Å². The summed E-state index contributed by atoms with van der Waals surface area (Å²) in [5.41, 5.74) is 2.20. The molecule has 0 unspecified atom stereocenters. The van der Waals surface area contributed by atoms with Gasteiger partial charge in [0.1, 0.15) is 4.83 Å². The molecule has 0 saturated carbocycles. The lowest BCUT2D eigenvalue weighted by atomic mass is 10.1. The average Bonchev–Trinajstić information content (AvgIpc) is 3.38. The van der Waals surface area contributed by atoms with E-state index in [4.69, 9.17) is 0 Å². The number of hydrogen-bond acceptors (Lipinski definition) is 6. The van der Waals surface area contributed by atoms with E-state index in [9.17, 15) is 14.4 Å². The van der Waals surface area contributed by atoms with Crippen LogP contribution in [0.3, 0.4) is 0 Å². The van der Waals surface area contributed by atoms with Crippen molar-refractivity contribution >= 4 is 33.1 Å². The van der Waals surface area contributed by atoms with Gasteiger partial charge in [-0.15, -0.1) is 11.3 Å². The number of thiophene rings is 1. The van der Waals surface area contributed by atoms with Crippen molar-refractivity contribution in [1.82, 2.24) is 29.5 Å². The summed E-state index contributed by atoms with van der Waals surface area (Å²) in [5.74, 6) is -0.123. The molecule has 10 heteroatoms. The Kier molecular flexibility index (Phi) is 3.91. The van der Waals surface area contributed by atoms with Crippen LogP contribution in [0.15, 0.2) is 28.0 Å². The molecular formula is C19H18N6O3S. The van der Waals surface area contributed by atoms with Gasteiger partial charge in [-0.2, -0.15) is 0 Å². The molecule has 0 aliphatic carbocycles. The van der Waals surface area contributed by atoms with E-state index in [1.165, 1.54) is 28.2 Å². The van der Waals surface area contributed by atoms with E-state index in [2.05, 4.69) is 20.1 Å². The summed E-state index contributed by atoms with van der Waals surface area (Å²) < 4.78 is 1.40. The zero-order valence-corrected chi connectivity index (χ0v) is 16.7. The monoisotopic (exact) mass is 410 g/mol. The van der Waals surface area contributed by atoms with Crippen LogP contribution < -0.4 is 11.1 Å². The first-order valence-electron chi connectivity index (χ1n) is 9.31. The standard InChI is InChI=1S/C19H18N6O3S/c1-9-6-14(26)25-13(22-9)7-11(23-25)12-4-3-5-24(12)19(28)16-10(2)15-17(27)20-8-21-18(15)29-16/h6-8,12,23H,3-5H2,1-2H3,(H,20,21,27)/t12-/m0/s1. The number of nitrogens with one attached hydrogen (secondary N) is 2. The van der Waals surface area contributed by atoms with Gasteiger partial charge in [-0.25, -0.2) is 14.5 Å². The molecule has 0 aromatic carbocycles. The molecule has 1 aliphatic rings. The average molecular weight is 410 g/mol. The summed E-state index contributed by atoms with van der Waals surface area (Å²) in [5, 5.41) is 3.57. The van der Waals surface area contributed by atoms with Crippen molar-refractivity contribution in [3.05, 3.63) is 61.0 Å². The predicted octanol–water partition coefficient (Wildman–Crippen LogP) is 1.91. The fourth-order valence-electron chi connectivity index (χ4n) is 4.05. The summed E-state index contributed by atoms with van der Waals surface area (Å²) >= 11 is 1.24. The third-order valence-electron chi connectivity index (χ3n) is 5.40. The van der Waals surface area contributed by atoms with Gasteiger partial charge < -0.3 is 9.88 Å². The Morgan fingerprint density at radius 3 is 2.90 bits per heavy atom. The van der Waals surface area contributed by atoms with Gasteiger partial charge in [0.05, 0.1) is 28.3 Å². The molecule has 1 saturated heterocycles. The minimum atomic E-state index is -0.239. The van der Waals surface area contributed by atoms with Crippen LogP contribution in [0.5, 0.6) is 0 Å². The molecule has 1 amide bonds. The number of carbonyl (C=O) groups is 1. The highest BCUT2D eigenvalue weighted by Crippen LogP contribution is 2.35. The van der Waals surface area contributed by atoms with Crippen molar-refractivity contribution in [2.75, 3.05) is 6.54 Å². The molecule has 4 aromatic rings. The zero-order chi connectivity index (χ0) is 20.3. The maximum absolute atomic E-state index is 13.4. The molecular weight excluding hydrogens is 392 g/mol. The smallest absolute Gasteiger partial charge is 0.272 e. The van der Waals surface area contributed by atoms with Crippen molar-refractivity contribution in [3.8, 4) is 0 Å². The van der Waals surface area contributed by atoms with E-state index in [0.29, 0.717) is 38.5 Å². The van der Waals surface area contributed by atoms with Crippen LogP contribution in [-0.2, 0) is 0 Å². The summed E-state index contributed by atoms with van der Waals surface area (Å²) in [6.45, 7) is 4.17. The minimum absolute atomic E-state index is 0.123. The highest BCUT2D eigenvalue weighted by Gasteiger charge is 2.34. The molecule has 9 nitrogen and oxygen atoms in total. The summed E-state index contributed by atoms with van der Waals surface area (Å²) in [4.78, 5) is 51.8. The number of amides is 1. The number of nitrogens with zero attached hydrogens (tertiary/aromatic N) is 4. The second-order valence-corrected chi connectivity index (χ2v) is 8.26. The van der Waals surface area contributed by atoms with Crippen LogP contribution in [-0.4, -0.2) is 41.9 Å². The molecule has 0 bridgehead atoms. The van der Waals surface area contributed by atoms with Crippen molar-refractivity contribution in [2.45, 2.75) is 32.7 Å². The molecule has 1 atom stereocenters. The van der Waals surface area contributed by atoms with Gasteiger partial charge in [0.15, 0.2) is 5.65 Å². The van der Waals surface area contributed by atoms with Crippen molar-refractivity contribution in [2.24, 2.45) is 0 Å². The molecule has 148 valence electrons. The van der Waals surface area contributed by atoms with E-state index in [1.807, 2.05) is 6.07 Å². The zero-order valence-electron chi connectivity index (χ0n) is 15.9. The number of aromatic amines is 2. The van der Waals surface area contributed by atoms with Gasteiger partial charge in [0, 0.05) is 24.4 Å². The van der Waals surface area contributed by atoms with E-state index >= 15 is 0 Å². The number of aromatic nitrogens is 5. The van der Waals surface area contributed by atoms with Gasteiger partial charge in [0.25, 0.3) is 17.0 Å². The molecule has 29 heavy (non-hydrogen) atoms. The topological polar surface area (TPSA) is 116 Å². The predicted molar refractivity (Wildman–Crippen MR) is 109 cm³/mol. The molecule has 0 spiro atoms. The summed E-state index contributed by atoms with van der Waals surface area (Å²) in [6, 6.07) is 3.12. The number of H-pyrrole nitrogens is 2. The first-order chi connectivity index (χ1) is 13.9. The molecule has 1 aliphatic heterocycles. The maximum atomic E-state index is 13.4. The molecule has 0 radical (unpaired) electrons. The SMILES string of the molecule is Cc1cc(=O)n2[nH]c([C@@H]3CCCN3C(=O)c3sc4nc[nH]c(=O)c4c3C)cc2n1. The Morgan fingerprint density at radius 2 is 2.10 bits per heavy atom. The maximum Gasteiger partial charge on any atom is 0.272 e. The molecule has 1 fully saturated rings. The Balaban J connectivity index is 1.56. The fraction of sp³-hybridized carbons (Fsp3) is 0.316. The van der Waals surface area contributed by atoms with Gasteiger partial charge in [-0.1, -0.05) is 0 Å². The normalized spacial score (nSPS) is 16.9. The Bertz CT molecular complexity index is 1390. The summed E-state index contributed by atoms with van der Waals surface area (Å²) in [7, 11) is 0. The van der Waals surface area contributed by atoms with Crippen LogP contribution in [0, 0.1) is 13.8 Å². The quantitative estimate of drug-likeness (QED) is 0.524. The van der Waals surface area contributed by atoms with Crippen LogP contribution in [0.25, 0.3) is 15.9 Å². The van der Waals surface area contributed by atoms with Crippen LogP contribution in [0.4, 0.5) is 0 Å². The van der Waals surface area contributed by atoms with Gasteiger partial charge in [-0.05, 0) is 32.3 Å². The third-order valence-corrected chi connectivity index (χ3v) is 6.59. The Morgan fingerprint density at radius 1 is 1.28 bits per heavy atom. The first-order valence-corrected chi connectivity index (χ1v) is 10.1. The lowest BCUT2D eigenvalue weighted by Gasteiger charge is -2.23. The minimum Gasteiger partial charge on any atom is -0.329 e. The Labute approximate surface area is 168 Å². The number of hydrogen-bond donors (Lipinski definition) is 2. The number of likely N-dealkylation sites (tertiary alicyclic amines) is 1. The Hall–Kier alpha value is -3.27. The number of rotatable bonds is 2. The second kappa shape index (κ2) is 6.38. The van der Waals surface area contributed by atoms with E-state index < -0.39 is 0 Å². The summed E-state index contributed by atoms with van der Waals surface area (Å²) in [6.07, 6.45) is 3.00.